The molecule has 0 spiro atoms. The molecule has 0 aliphatic rings. The van der Waals surface area contributed by atoms with Crippen LogP contribution in [0.25, 0.3) is 0 Å². The van der Waals surface area contributed by atoms with Gasteiger partial charge in [-0.05, 0) is 11.6 Å². The summed E-state index contributed by atoms with van der Waals surface area (Å²) in [6.45, 7) is -0.207. The van der Waals surface area contributed by atoms with Crippen LogP contribution in [0.15, 0.2) is 0 Å². The van der Waals surface area contributed by atoms with E-state index in [9.17, 15) is 9.59 Å². The second kappa shape index (κ2) is 10.3. The Hall–Kier alpha value is -0.650. The molecule has 0 bridgehead atoms. The van der Waals surface area contributed by atoms with Crippen molar-refractivity contribution in [2.24, 2.45) is 0 Å². The molecule has 0 saturated heterocycles. The van der Waals surface area contributed by atoms with Crippen molar-refractivity contribution in [2.45, 2.75) is 0 Å². The van der Waals surface area contributed by atoms with E-state index in [0.29, 0.717) is 0 Å². The van der Waals surface area contributed by atoms with Crippen LogP contribution in [0.3, 0.4) is 0 Å². The van der Waals surface area contributed by atoms with Crippen molar-refractivity contribution in [3.05, 3.63) is 0 Å². The molecule has 0 aliphatic heterocycles. The van der Waals surface area contributed by atoms with Crippen molar-refractivity contribution in [3.63, 3.8) is 0 Å². The number of carboxylic acids is 1. The van der Waals surface area contributed by atoms with Gasteiger partial charge in [-0.2, -0.15) is 0 Å². The van der Waals surface area contributed by atoms with Gasteiger partial charge < -0.3 is 14.6 Å². The third kappa shape index (κ3) is 22.8. The van der Waals surface area contributed by atoms with Gasteiger partial charge in [-0.3, -0.25) is 4.79 Å². The van der Waals surface area contributed by atoms with Crippen LogP contribution in [0.1, 0.15) is 0 Å². The van der Waals surface area contributed by atoms with Crippen LogP contribution >= 0.6 is 11.6 Å². The number of hydrogen-bond donors (Lipinski definition) is 1. The minimum atomic E-state index is -0.933. The number of ether oxygens (including phenoxy) is 2. The zero-order chi connectivity index (χ0) is 9.98. The van der Waals surface area contributed by atoms with E-state index in [1.807, 2.05) is 0 Å². The highest BCUT2D eigenvalue weighted by atomic mass is 35.5. The lowest BCUT2D eigenvalue weighted by atomic mass is 10.8. The zero-order valence-electron chi connectivity index (χ0n) is 6.87. The van der Waals surface area contributed by atoms with Crippen molar-refractivity contribution in [2.75, 3.05) is 27.4 Å². The van der Waals surface area contributed by atoms with Crippen LogP contribution < -0.4 is 0 Å². The molecule has 0 rings (SSSR count). The van der Waals surface area contributed by atoms with Gasteiger partial charge in [-0.1, -0.05) is 0 Å². The van der Waals surface area contributed by atoms with Crippen LogP contribution in [-0.4, -0.2) is 43.8 Å². The first-order valence-corrected chi connectivity index (χ1v) is 3.30. The molecule has 5 nitrogen and oxygen atoms in total. The molecule has 0 atom stereocenters. The molecule has 0 aliphatic carbocycles. The smallest absolute Gasteiger partial charge is 0.329 e. The summed E-state index contributed by atoms with van der Waals surface area (Å²) in [6, 6.07) is 0. The molecule has 0 fully saturated rings. The molecule has 12 heavy (non-hydrogen) atoms. The third-order valence-electron chi connectivity index (χ3n) is 0.526. The minimum absolute atomic E-state index is 0.00154. The number of carbonyl (C=O) groups is 2. The highest BCUT2D eigenvalue weighted by molar-refractivity contribution is 6.63. The molecule has 0 heterocycles. The van der Waals surface area contributed by atoms with Crippen LogP contribution in [0.4, 0.5) is 0 Å². The van der Waals surface area contributed by atoms with E-state index in [1.54, 1.807) is 0 Å². The average Bonchev–Trinajstić information content (AvgIpc) is 1.87. The highest BCUT2D eigenvalue weighted by Gasteiger charge is 1.88. The van der Waals surface area contributed by atoms with Crippen molar-refractivity contribution < 1.29 is 24.2 Å². The van der Waals surface area contributed by atoms with Gasteiger partial charge in [0.25, 0.3) is 0 Å². The van der Waals surface area contributed by atoms with Gasteiger partial charge in [0.15, 0.2) is 0 Å². The Kier molecular flexibility index (Phi) is 12.0. The van der Waals surface area contributed by atoms with E-state index in [4.69, 9.17) is 16.7 Å². The van der Waals surface area contributed by atoms with Crippen molar-refractivity contribution in [1.82, 2.24) is 0 Å². The Balaban J connectivity index is 0. The molecule has 0 radical (unpaired) electrons. The first-order valence-electron chi connectivity index (χ1n) is 2.92. The van der Waals surface area contributed by atoms with Gasteiger partial charge in [0.05, 0.1) is 0 Å². The van der Waals surface area contributed by atoms with E-state index < -0.39 is 11.2 Å². The van der Waals surface area contributed by atoms with Gasteiger partial charge in [-0.15, -0.1) is 0 Å². The van der Waals surface area contributed by atoms with Crippen molar-refractivity contribution in [1.29, 1.82) is 0 Å². The fourth-order valence-electron chi connectivity index (χ4n) is 0.237. The molecule has 0 amide bonds. The first-order chi connectivity index (χ1) is 5.54. The van der Waals surface area contributed by atoms with Gasteiger partial charge in [0.1, 0.15) is 13.2 Å². The Morgan fingerprint density at radius 1 is 1.25 bits per heavy atom. The maximum absolute atomic E-state index is 9.68. The van der Waals surface area contributed by atoms with Crippen LogP contribution in [-0.2, 0) is 19.1 Å². The first kappa shape index (κ1) is 13.9. The number of rotatable bonds is 4. The molecule has 0 aromatic heterocycles. The molecule has 1 N–H and O–H groups in total. The number of methoxy groups -OCH3 is 2. The molecule has 0 aromatic carbocycles. The normalized spacial score (nSPS) is 8.25. The second-order valence-corrected chi connectivity index (χ2v) is 2.04. The summed E-state index contributed by atoms with van der Waals surface area (Å²) < 4.78 is 8.53. The Bertz CT molecular complexity index is 120. The number of carbonyl (C=O) groups excluding carboxylic acids is 1. The molecular formula is C6H11ClO5. The van der Waals surface area contributed by atoms with Gasteiger partial charge >= 0.3 is 5.97 Å². The number of carboxylic acid groups (broad SMARTS) is 1. The summed E-state index contributed by atoms with van der Waals surface area (Å²) in [5.41, 5.74) is 0. The largest absolute Gasteiger partial charge is 0.480 e. The van der Waals surface area contributed by atoms with E-state index in [2.05, 4.69) is 9.47 Å². The van der Waals surface area contributed by atoms with E-state index in [-0.39, 0.29) is 13.2 Å². The Morgan fingerprint density at radius 2 is 1.67 bits per heavy atom. The van der Waals surface area contributed by atoms with Gasteiger partial charge in [0, 0.05) is 14.2 Å². The summed E-state index contributed by atoms with van der Waals surface area (Å²) in [4.78, 5) is 19.2. The fourth-order valence-corrected chi connectivity index (χ4v) is 0.346. The molecular weight excluding hydrogens is 188 g/mol. The molecule has 0 aromatic rings. The summed E-state index contributed by atoms with van der Waals surface area (Å²) >= 11 is 4.81. The van der Waals surface area contributed by atoms with Crippen molar-refractivity contribution >= 4 is 22.8 Å². The molecule has 0 unspecified atom stereocenters. The maximum Gasteiger partial charge on any atom is 0.329 e. The lowest BCUT2D eigenvalue weighted by molar-refractivity contribution is -0.141. The van der Waals surface area contributed by atoms with Gasteiger partial charge in [0.2, 0.25) is 5.24 Å². The standard InChI is InChI=1S/C3H5ClO2.C3H6O3/c2*1-6-2-3(4)5/h2H2,1H3;2H2,1H3,(H,4,5). The second-order valence-electron chi connectivity index (χ2n) is 1.61. The van der Waals surface area contributed by atoms with E-state index in [1.165, 1.54) is 14.2 Å². The van der Waals surface area contributed by atoms with Crippen LogP contribution in [0.5, 0.6) is 0 Å². The summed E-state index contributed by atoms with van der Waals surface area (Å²) in [5.74, 6) is -0.933. The van der Waals surface area contributed by atoms with Crippen LogP contribution in [0.2, 0.25) is 0 Å². The molecule has 72 valence electrons. The Morgan fingerprint density at radius 3 is 1.67 bits per heavy atom. The minimum Gasteiger partial charge on any atom is -0.480 e. The predicted molar refractivity (Wildman–Crippen MR) is 42.2 cm³/mol. The molecule has 6 heteroatoms. The summed E-state index contributed by atoms with van der Waals surface area (Å²) in [5, 5.41) is 7.33. The average molecular weight is 199 g/mol. The summed E-state index contributed by atoms with van der Waals surface area (Å²) in [7, 11) is 2.76. The van der Waals surface area contributed by atoms with Crippen LogP contribution in [0, 0.1) is 0 Å². The van der Waals surface area contributed by atoms with Gasteiger partial charge in [-0.25, -0.2) is 4.79 Å². The van der Waals surface area contributed by atoms with E-state index >= 15 is 0 Å². The number of aliphatic carboxylic acids is 1. The number of hydrogen-bond acceptors (Lipinski definition) is 4. The zero-order valence-corrected chi connectivity index (χ0v) is 7.63. The highest BCUT2D eigenvalue weighted by Crippen LogP contribution is 1.76. The Labute approximate surface area is 75.2 Å². The predicted octanol–water partition coefficient (Wildman–Crippen LogP) is 0.116. The maximum atomic E-state index is 9.68. The van der Waals surface area contributed by atoms with Crippen molar-refractivity contribution in [3.8, 4) is 0 Å². The number of halogens is 1. The lowest BCUT2D eigenvalue weighted by Crippen LogP contribution is -2.02. The SMILES string of the molecule is COCC(=O)Cl.COCC(=O)O. The monoisotopic (exact) mass is 198 g/mol. The topological polar surface area (TPSA) is 72.8 Å². The quantitative estimate of drug-likeness (QED) is 0.650. The van der Waals surface area contributed by atoms with E-state index in [0.717, 1.165) is 0 Å². The molecule has 0 saturated carbocycles. The lowest BCUT2D eigenvalue weighted by Gasteiger charge is -1.83. The third-order valence-corrected chi connectivity index (χ3v) is 0.635. The summed E-state index contributed by atoms with van der Waals surface area (Å²) in [6.07, 6.45) is 0. The fraction of sp³-hybridized carbons (Fsp3) is 0.667.